The molecule has 0 saturated carbocycles. The van der Waals surface area contributed by atoms with Crippen molar-refractivity contribution < 1.29 is 29.3 Å². The standard InChI is InChI=1S/C10H17NO6/c1-10(2,3)17-9(15)11(5-7(12)13)4-6-8(14)16-6/h6,8,14H,4-5H2,1-3H3,(H,12,13). The van der Waals surface area contributed by atoms with E-state index in [9.17, 15) is 9.59 Å². The summed E-state index contributed by atoms with van der Waals surface area (Å²) in [5.41, 5.74) is -0.698. The van der Waals surface area contributed by atoms with Crippen LogP contribution in [0.25, 0.3) is 0 Å². The summed E-state index contributed by atoms with van der Waals surface area (Å²) in [7, 11) is 0. The number of epoxide rings is 1. The third kappa shape index (κ3) is 5.01. The highest BCUT2D eigenvalue weighted by Gasteiger charge is 2.40. The third-order valence-electron chi connectivity index (χ3n) is 1.93. The molecule has 1 heterocycles. The molecule has 1 aliphatic heterocycles. The number of amides is 1. The summed E-state index contributed by atoms with van der Waals surface area (Å²) in [4.78, 5) is 23.3. The van der Waals surface area contributed by atoms with Crippen molar-refractivity contribution in [3.63, 3.8) is 0 Å². The van der Waals surface area contributed by atoms with Gasteiger partial charge in [0.25, 0.3) is 0 Å². The number of carbonyl (C=O) groups is 2. The van der Waals surface area contributed by atoms with Gasteiger partial charge in [0.2, 0.25) is 0 Å². The molecule has 2 atom stereocenters. The Balaban J connectivity index is 2.55. The Labute approximate surface area is 98.9 Å². The average molecular weight is 247 g/mol. The van der Waals surface area contributed by atoms with Crippen LogP contribution in [-0.2, 0) is 14.3 Å². The first kappa shape index (κ1) is 13.7. The van der Waals surface area contributed by atoms with Crippen LogP contribution in [0, 0.1) is 0 Å². The van der Waals surface area contributed by atoms with E-state index in [0.29, 0.717) is 0 Å². The van der Waals surface area contributed by atoms with Crippen molar-refractivity contribution in [2.24, 2.45) is 0 Å². The van der Waals surface area contributed by atoms with Gasteiger partial charge < -0.3 is 19.7 Å². The highest BCUT2D eigenvalue weighted by Crippen LogP contribution is 2.20. The van der Waals surface area contributed by atoms with Gasteiger partial charge in [-0.3, -0.25) is 9.69 Å². The van der Waals surface area contributed by atoms with E-state index in [0.717, 1.165) is 4.90 Å². The summed E-state index contributed by atoms with van der Waals surface area (Å²) in [5, 5.41) is 17.7. The van der Waals surface area contributed by atoms with Crippen molar-refractivity contribution >= 4 is 12.1 Å². The lowest BCUT2D eigenvalue weighted by atomic mass is 10.2. The molecular weight excluding hydrogens is 230 g/mol. The van der Waals surface area contributed by atoms with Crippen LogP contribution in [-0.4, -0.2) is 58.3 Å². The van der Waals surface area contributed by atoms with Gasteiger partial charge in [-0.15, -0.1) is 0 Å². The van der Waals surface area contributed by atoms with Crippen LogP contribution >= 0.6 is 0 Å². The van der Waals surface area contributed by atoms with Gasteiger partial charge in [0.15, 0.2) is 6.29 Å². The Morgan fingerprint density at radius 3 is 2.29 bits per heavy atom. The number of aliphatic hydroxyl groups is 1. The van der Waals surface area contributed by atoms with E-state index in [1.165, 1.54) is 0 Å². The minimum absolute atomic E-state index is 0.00236. The fourth-order valence-electron chi connectivity index (χ4n) is 1.18. The quantitative estimate of drug-likeness (QED) is 0.680. The monoisotopic (exact) mass is 247 g/mol. The number of carbonyl (C=O) groups excluding carboxylic acids is 1. The van der Waals surface area contributed by atoms with Crippen molar-refractivity contribution in [1.82, 2.24) is 4.90 Å². The maximum atomic E-state index is 11.7. The van der Waals surface area contributed by atoms with E-state index in [4.69, 9.17) is 19.7 Å². The van der Waals surface area contributed by atoms with E-state index in [2.05, 4.69) is 0 Å². The van der Waals surface area contributed by atoms with E-state index < -0.39 is 36.6 Å². The number of carboxylic acid groups (broad SMARTS) is 1. The molecule has 17 heavy (non-hydrogen) atoms. The largest absolute Gasteiger partial charge is 0.480 e. The topological polar surface area (TPSA) is 99.6 Å². The number of carboxylic acids is 1. The lowest BCUT2D eigenvalue weighted by Crippen LogP contribution is -2.42. The Morgan fingerprint density at radius 2 is 1.94 bits per heavy atom. The van der Waals surface area contributed by atoms with Crippen LogP contribution in [0.1, 0.15) is 20.8 Å². The van der Waals surface area contributed by atoms with Crippen molar-refractivity contribution in [1.29, 1.82) is 0 Å². The molecule has 0 radical (unpaired) electrons. The molecule has 0 aliphatic carbocycles. The zero-order chi connectivity index (χ0) is 13.2. The molecule has 98 valence electrons. The molecular formula is C10H17NO6. The first-order valence-electron chi connectivity index (χ1n) is 5.22. The molecule has 2 N–H and O–H groups in total. The number of ether oxygens (including phenoxy) is 2. The first-order chi connectivity index (χ1) is 7.69. The number of aliphatic hydroxyl groups excluding tert-OH is 1. The van der Waals surface area contributed by atoms with Crippen molar-refractivity contribution in [3.8, 4) is 0 Å². The molecule has 1 fully saturated rings. The Hall–Kier alpha value is -1.34. The van der Waals surface area contributed by atoms with E-state index in [-0.39, 0.29) is 6.54 Å². The predicted molar refractivity (Wildman–Crippen MR) is 56.3 cm³/mol. The Kier molecular flexibility index (Phi) is 3.94. The highest BCUT2D eigenvalue weighted by atomic mass is 16.7. The summed E-state index contributed by atoms with van der Waals surface area (Å²) in [6, 6.07) is 0. The van der Waals surface area contributed by atoms with Gasteiger partial charge in [-0.05, 0) is 20.8 Å². The first-order valence-corrected chi connectivity index (χ1v) is 5.22. The minimum Gasteiger partial charge on any atom is -0.480 e. The molecule has 0 aromatic heterocycles. The molecule has 0 spiro atoms. The smallest absolute Gasteiger partial charge is 0.410 e. The van der Waals surface area contributed by atoms with E-state index in [1.807, 2.05) is 0 Å². The molecule has 1 rings (SSSR count). The van der Waals surface area contributed by atoms with Crippen molar-refractivity contribution in [2.45, 2.75) is 38.8 Å². The van der Waals surface area contributed by atoms with Gasteiger partial charge in [-0.25, -0.2) is 4.79 Å². The summed E-state index contributed by atoms with van der Waals surface area (Å²) < 4.78 is 9.77. The number of hydrogen-bond acceptors (Lipinski definition) is 5. The van der Waals surface area contributed by atoms with Gasteiger partial charge >= 0.3 is 12.1 Å². The maximum Gasteiger partial charge on any atom is 0.410 e. The summed E-state index contributed by atoms with van der Waals surface area (Å²) >= 11 is 0. The second kappa shape index (κ2) is 4.89. The molecule has 7 nitrogen and oxygen atoms in total. The van der Waals surface area contributed by atoms with Crippen LogP contribution in [0.5, 0.6) is 0 Å². The van der Waals surface area contributed by atoms with Gasteiger partial charge in [-0.1, -0.05) is 0 Å². The van der Waals surface area contributed by atoms with Crippen LogP contribution in [0.2, 0.25) is 0 Å². The molecule has 0 aromatic carbocycles. The SMILES string of the molecule is CC(C)(C)OC(=O)N(CC(=O)O)CC1OC1O. The predicted octanol–water partition coefficient (Wildman–Crippen LogP) is 0.0253. The van der Waals surface area contributed by atoms with Crippen LogP contribution in [0.15, 0.2) is 0 Å². The number of rotatable bonds is 4. The lowest BCUT2D eigenvalue weighted by molar-refractivity contribution is -0.138. The molecule has 2 unspecified atom stereocenters. The van der Waals surface area contributed by atoms with Gasteiger partial charge in [0.1, 0.15) is 18.2 Å². The fourth-order valence-corrected chi connectivity index (χ4v) is 1.18. The lowest BCUT2D eigenvalue weighted by Gasteiger charge is -2.25. The number of nitrogens with zero attached hydrogens (tertiary/aromatic N) is 1. The van der Waals surface area contributed by atoms with Crippen LogP contribution in [0.4, 0.5) is 4.79 Å². The molecule has 7 heteroatoms. The number of aliphatic carboxylic acids is 1. The molecule has 0 bridgehead atoms. The third-order valence-corrected chi connectivity index (χ3v) is 1.93. The normalized spacial score (nSPS) is 23.1. The van der Waals surface area contributed by atoms with Crippen molar-refractivity contribution in [2.75, 3.05) is 13.1 Å². The van der Waals surface area contributed by atoms with Crippen LogP contribution in [0.3, 0.4) is 0 Å². The zero-order valence-corrected chi connectivity index (χ0v) is 10.0. The van der Waals surface area contributed by atoms with Gasteiger partial charge in [0, 0.05) is 0 Å². The Morgan fingerprint density at radius 1 is 1.41 bits per heavy atom. The average Bonchev–Trinajstić information content (AvgIpc) is 2.76. The van der Waals surface area contributed by atoms with E-state index in [1.54, 1.807) is 20.8 Å². The maximum absolute atomic E-state index is 11.7. The van der Waals surface area contributed by atoms with Crippen molar-refractivity contribution in [3.05, 3.63) is 0 Å². The Bertz CT molecular complexity index is 310. The highest BCUT2D eigenvalue weighted by molar-refractivity contribution is 5.77. The second-order valence-electron chi connectivity index (χ2n) is 4.82. The van der Waals surface area contributed by atoms with E-state index >= 15 is 0 Å². The molecule has 1 saturated heterocycles. The summed E-state index contributed by atoms with van der Waals surface area (Å²) in [5.74, 6) is -1.15. The summed E-state index contributed by atoms with van der Waals surface area (Å²) in [6.45, 7) is 4.58. The fraction of sp³-hybridized carbons (Fsp3) is 0.800. The van der Waals surface area contributed by atoms with Crippen LogP contribution < -0.4 is 0 Å². The minimum atomic E-state index is -1.15. The number of hydrogen-bond donors (Lipinski definition) is 2. The molecule has 0 aromatic rings. The zero-order valence-electron chi connectivity index (χ0n) is 10.0. The second-order valence-corrected chi connectivity index (χ2v) is 4.82. The summed E-state index contributed by atoms with van der Waals surface area (Å²) in [6.07, 6.45) is -2.18. The molecule has 1 aliphatic rings. The molecule has 1 amide bonds. The van der Waals surface area contributed by atoms with Gasteiger partial charge in [0.05, 0.1) is 6.54 Å². The van der Waals surface area contributed by atoms with Gasteiger partial charge in [-0.2, -0.15) is 0 Å².